The Morgan fingerprint density at radius 3 is 2.38 bits per heavy atom. The number of benzene rings is 1. The van der Waals surface area contributed by atoms with E-state index in [-0.39, 0.29) is 0 Å². The van der Waals surface area contributed by atoms with Crippen molar-refractivity contribution in [2.75, 3.05) is 7.11 Å². The van der Waals surface area contributed by atoms with Gasteiger partial charge in [0.25, 0.3) is 0 Å². The van der Waals surface area contributed by atoms with Gasteiger partial charge in [-0.1, -0.05) is 18.2 Å². The molecular weight excluding hydrogens is 166 g/mol. The van der Waals surface area contributed by atoms with Crippen LogP contribution in [0.15, 0.2) is 47.2 Å². The lowest BCUT2D eigenvalue weighted by atomic mass is 10.2. The molecule has 1 aromatic heterocycles. The summed E-state index contributed by atoms with van der Waals surface area (Å²) in [6.07, 6.45) is 3.21. The molecule has 0 aliphatic rings. The lowest BCUT2D eigenvalue weighted by Crippen LogP contribution is -1.73. The van der Waals surface area contributed by atoms with Gasteiger partial charge in [-0.15, -0.1) is 0 Å². The van der Waals surface area contributed by atoms with Crippen molar-refractivity contribution in [1.82, 2.24) is 4.98 Å². The van der Waals surface area contributed by atoms with Gasteiger partial charge in [-0.3, -0.25) is 0 Å². The monoisotopic (exact) mass is 177 g/mol. The molecule has 0 unspecified atom stereocenters. The second kappa shape index (κ2) is 5.11. The van der Waals surface area contributed by atoms with Gasteiger partial charge < -0.3 is 9.52 Å². The summed E-state index contributed by atoms with van der Waals surface area (Å²) in [6.45, 7) is 0. The summed E-state index contributed by atoms with van der Waals surface area (Å²) < 4.78 is 5.11. The maximum absolute atomic E-state index is 7.00. The van der Waals surface area contributed by atoms with Crippen molar-refractivity contribution >= 4 is 0 Å². The predicted molar refractivity (Wildman–Crippen MR) is 50.1 cm³/mol. The largest absolute Gasteiger partial charge is 0.445 e. The van der Waals surface area contributed by atoms with E-state index >= 15 is 0 Å². The Morgan fingerprint density at radius 2 is 1.85 bits per heavy atom. The molecule has 1 heterocycles. The molecule has 0 fully saturated rings. The van der Waals surface area contributed by atoms with E-state index in [1.165, 1.54) is 0 Å². The topological polar surface area (TPSA) is 46.3 Å². The lowest BCUT2D eigenvalue weighted by molar-refractivity contribution is 0.399. The highest BCUT2D eigenvalue weighted by Crippen LogP contribution is 2.14. The quantitative estimate of drug-likeness (QED) is 0.724. The Labute approximate surface area is 76.7 Å². The van der Waals surface area contributed by atoms with E-state index < -0.39 is 0 Å². The summed E-state index contributed by atoms with van der Waals surface area (Å²) in [5.41, 5.74) is 1.01. The van der Waals surface area contributed by atoms with Crippen LogP contribution in [0.3, 0.4) is 0 Å². The normalized spacial score (nSPS) is 8.77. The number of oxazole rings is 1. The Bertz CT molecular complexity index is 316. The van der Waals surface area contributed by atoms with Crippen molar-refractivity contribution in [3.05, 3.63) is 42.8 Å². The van der Waals surface area contributed by atoms with Gasteiger partial charge in [0.1, 0.15) is 6.26 Å². The van der Waals surface area contributed by atoms with Crippen LogP contribution in [0.2, 0.25) is 0 Å². The van der Waals surface area contributed by atoms with Crippen LogP contribution in [-0.2, 0) is 0 Å². The zero-order valence-corrected chi connectivity index (χ0v) is 7.34. The number of aromatic nitrogens is 1. The van der Waals surface area contributed by atoms with Crippen molar-refractivity contribution in [2.45, 2.75) is 0 Å². The van der Waals surface area contributed by atoms with Crippen molar-refractivity contribution in [2.24, 2.45) is 0 Å². The van der Waals surface area contributed by atoms with Crippen LogP contribution >= 0.6 is 0 Å². The van der Waals surface area contributed by atoms with Crippen LogP contribution in [0.5, 0.6) is 0 Å². The van der Waals surface area contributed by atoms with Gasteiger partial charge in [-0.2, -0.15) is 0 Å². The first-order chi connectivity index (χ1) is 6.47. The molecule has 3 nitrogen and oxygen atoms in total. The maximum atomic E-state index is 7.00. The van der Waals surface area contributed by atoms with Gasteiger partial charge in [0, 0.05) is 12.7 Å². The summed E-state index contributed by atoms with van der Waals surface area (Å²) in [4.78, 5) is 4.02. The Kier molecular flexibility index (Phi) is 3.73. The molecule has 0 spiro atoms. The molecule has 0 bridgehead atoms. The zero-order valence-electron chi connectivity index (χ0n) is 7.34. The highest BCUT2D eigenvalue weighted by molar-refractivity contribution is 5.51. The molecule has 1 N–H and O–H groups in total. The molecule has 1 aromatic carbocycles. The van der Waals surface area contributed by atoms with E-state index in [1.807, 2.05) is 30.3 Å². The minimum absolute atomic E-state index is 0.672. The third-order valence-electron chi connectivity index (χ3n) is 1.45. The van der Waals surface area contributed by atoms with E-state index in [0.717, 1.165) is 12.7 Å². The van der Waals surface area contributed by atoms with E-state index in [0.29, 0.717) is 5.89 Å². The third kappa shape index (κ3) is 2.42. The minimum Gasteiger partial charge on any atom is -0.445 e. The molecule has 3 heteroatoms. The van der Waals surface area contributed by atoms with E-state index in [9.17, 15) is 0 Å². The molecule has 0 saturated heterocycles. The molecular formula is C10H11NO2. The molecule has 0 aliphatic carbocycles. The molecule has 0 saturated carbocycles. The summed E-state index contributed by atoms with van der Waals surface area (Å²) in [6, 6.07) is 9.81. The molecule has 0 radical (unpaired) electrons. The number of nitrogens with zero attached hydrogens (tertiary/aromatic N) is 1. The molecule has 13 heavy (non-hydrogen) atoms. The standard InChI is InChI=1S/C9H7NO.CH4O/c1-2-4-8(5-3-1)9-10-6-7-11-9;1-2/h1-7H;2H,1H3. The van der Waals surface area contributed by atoms with Crippen LogP contribution in [0.1, 0.15) is 0 Å². The second-order valence-electron chi connectivity index (χ2n) is 2.20. The van der Waals surface area contributed by atoms with Crippen LogP contribution < -0.4 is 0 Å². The number of hydrogen-bond acceptors (Lipinski definition) is 3. The zero-order chi connectivity index (χ0) is 9.52. The van der Waals surface area contributed by atoms with E-state index in [1.54, 1.807) is 12.5 Å². The highest BCUT2D eigenvalue weighted by Gasteiger charge is 1.97. The average molecular weight is 177 g/mol. The number of hydrogen-bond donors (Lipinski definition) is 1. The Morgan fingerprint density at radius 1 is 1.15 bits per heavy atom. The fourth-order valence-electron chi connectivity index (χ4n) is 0.947. The second-order valence-corrected chi connectivity index (χ2v) is 2.20. The fourth-order valence-corrected chi connectivity index (χ4v) is 0.947. The molecule has 2 rings (SSSR count). The molecule has 2 aromatic rings. The van der Waals surface area contributed by atoms with Crippen molar-refractivity contribution in [1.29, 1.82) is 0 Å². The number of aliphatic hydroxyl groups excluding tert-OH is 1. The van der Waals surface area contributed by atoms with Gasteiger partial charge in [-0.25, -0.2) is 4.98 Å². The van der Waals surface area contributed by atoms with Gasteiger partial charge >= 0.3 is 0 Å². The van der Waals surface area contributed by atoms with E-state index in [4.69, 9.17) is 9.52 Å². The van der Waals surface area contributed by atoms with Gasteiger partial charge in [0.05, 0.1) is 6.20 Å². The summed E-state index contributed by atoms with van der Waals surface area (Å²) in [5, 5.41) is 7.00. The van der Waals surface area contributed by atoms with Crippen LogP contribution in [-0.4, -0.2) is 17.2 Å². The number of rotatable bonds is 1. The van der Waals surface area contributed by atoms with Crippen LogP contribution in [0.25, 0.3) is 11.5 Å². The Balaban J connectivity index is 0.000000396. The van der Waals surface area contributed by atoms with E-state index in [2.05, 4.69) is 4.98 Å². The molecule has 0 atom stereocenters. The molecule has 0 amide bonds. The summed E-state index contributed by atoms with van der Waals surface area (Å²) >= 11 is 0. The smallest absolute Gasteiger partial charge is 0.225 e. The van der Waals surface area contributed by atoms with Crippen LogP contribution in [0.4, 0.5) is 0 Å². The maximum Gasteiger partial charge on any atom is 0.225 e. The molecule has 68 valence electrons. The predicted octanol–water partition coefficient (Wildman–Crippen LogP) is 1.95. The average Bonchev–Trinajstić information content (AvgIpc) is 2.75. The lowest BCUT2D eigenvalue weighted by Gasteiger charge is -1.91. The first-order valence-corrected chi connectivity index (χ1v) is 3.86. The van der Waals surface area contributed by atoms with Crippen LogP contribution in [0, 0.1) is 0 Å². The summed E-state index contributed by atoms with van der Waals surface area (Å²) in [7, 11) is 1.00. The first kappa shape index (κ1) is 9.48. The van der Waals surface area contributed by atoms with Gasteiger partial charge in [0.15, 0.2) is 0 Å². The highest BCUT2D eigenvalue weighted by atomic mass is 16.3. The Hall–Kier alpha value is -1.61. The number of aliphatic hydroxyl groups is 1. The molecule has 0 aliphatic heterocycles. The van der Waals surface area contributed by atoms with Crippen molar-refractivity contribution in [3.63, 3.8) is 0 Å². The fraction of sp³-hybridized carbons (Fsp3) is 0.100. The van der Waals surface area contributed by atoms with Gasteiger partial charge in [-0.05, 0) is 12.1 Å². The first-order valence-electron chi connectivity index (χ1n) is 3.86. The minimum atomic E-state index is 0.672. The van der Waals surface area contributed by atoms with Crippen molar-refractivity contribution < 1.29 is 9.52 Å². The van der Waals surface area contributed by atoms with Crippen molar-refractivity contribution in [3.8, 4) is 11.5 Å². The third-order valence-corrected chi connectivity index (χ3v) is 1.45. The van der Waals surface area contributed by atoms with Gasteiger partial charge in [0.2, 0.25) is 5.89 Å². The SMILES string of the molecule is CO.c1ccc(-c2ncco2)cc1. The summed E-state index contributed by atoms with van der Waals surface area (Å²) in [5.74, 6) is 0.672.